The molecule has 0 aromatic carbocycles. The van der Waals surface area contributed by atoms with E-state index in [9.17, 15) is 9.59 Å². The van der Waals surface area contributed by atoms with Gasteiger partial charge in [0.15, 0.2) is 0 Å². The van der Waals surface area contributed by atoms with Gasteiger partial charge in [-0.25, -0.2) is 9.59 Å². The third-order valence-electron chi connectivity index (χ3n) is 2.97. The summed E-state index contributed by atoms with van der Waals surface area (Å²) in [5.41, 5.74) is 0. The van der Waals surface area contributed by atoms with Crippen LogP contribution in [0.4, 0.5) is 9.59 Å². The fraction of sp³-hybridized carbons (Fsp3) is 0.867. The van der Waals surface area contributed by atoms with E-state index in [1.165, 1.54) is 0 Å². The Morgan fingerprint density at radius 2 is 1.57 bits per heavy atom. The summed E-state index contributed by atoms with van der Waals surface area (Å²) >= 11 is 0. The SMILES string of the molecule is CC(C)COC(=O)OC1CCCC(OC(=O)OC(C)C)C1. The van der Waals surface area contributed by atoms with E-state index in [4.69, 9.17) is 18.9 Å². The molecule has 0 N–H and O–H groups in total. The van der Waals surface area contributed by atoms with Crippen LogP contribution in [0.5, 0.6) is 0 Å². The van der Waals surface area contributed by atoms with Crippen molar-refractivity contribution in [2.75, 3.05) is 6.61 Å². The number of ether oxygens (including phenoxy) is 4. The van der Waals surface area contributed by atoms with Gasteiger partial charge in [0, 0.05) is 6.42 Å². The van der Waals surface area contributed by atoms with Gasteiger partial charge < -0.3 is 18.9 Å². The second-order valence-electron chi connectivity index (χ2n) is 6.02. The van der Waals surface area contributed by atoms with Crippen LogP contribution in [-0.2, 0) is 18.9 Å². The maximum Gasteiger partial charge on any atom is 0.508 e. The van der Waals surface area contributed by atoms with E-state index < -0.39 is 12.3 Å². The molecule has 0 heterocycles. The van der Waals surface area contributed by atoms with E-state index in [-0.39, 0.29) is 24.2 Å². The van der Waals surface area contributed by atoms with Gasteiger partial charge in [0.1, 0.15) is 12.2 Å². The lowest BCUT2D eigenvalue weighted by atomic mass is 9.95. The molecule has 1 aliphatic carbocycles. The lowest BCUT2D eigenvalue weighted by molar-refractivity contribution is -0.0412. The zero-order valence-electron chi connectivity index (χ0n) is 13.3. The highest BCUT2D eigenvalue weighted by molar-refractivity contribution is 5.61. The van der Waals surface area contributed by atoms with Crippen molar-refractivity contribution in [3.8, 4) is 0 Å². The number of hydrogen-bond acceptors (Lipinski definition) is 6. The Labute approximate surface area is 126 Å². The predicted octanol–water partition coefficient (Wildman–Crippen LogP) is 3.67. The molecular formula is C15H26O6. The largest absolute Gasteiger partial charge is 0.508 e. The molecule has 0 saturated heterocycles. The standard InChI is InChI=1S/C15H26O6/c1-10(2)9-18-14(16)20-12-6-5-7-13(8-12)21-15(17)19-11(3)4/h10-13H,5-9H2,1-4H3. The molecule has 1 aliphatic rings. The van der Waals surface area contributed by atoms with Crippen molar-refractivity contribution in [3.63, 3.8) is 0 Å². The third kappa shape index (κ3) is 7.78. The molecule has 0 amide bonds. The fourth-order valence-electron chi connectivity index (χ4n) is 2.08. The van der Waals surface area contributed by atoms with Crippen LogP contribution in [0.25, 0.3) is 0 Å². The molecule has 6 nitrogen and oxygen atoms in total. The van der Waals surface area contributed by atoms with Crippen molar-refractivity contribution in [2.24, 2.45) is 5.92 Å². The second-order valence-corrected chi connectivity index (χ2v) is 6.02. The van der Waals surface area contributed by atoms with Gasteiger partial charge in [0.25, 0.3) is 0 Å². The number of carbonyl (C=O) groups excluding carboxylic acids is 2. The number of hydrogen-bond donors (Lipinski definition) is 0. The minimum Gasteiger partial charge on any atom is -0.434 e. The molecule has 1 rings (SSSR count). The molecule has 1 fully saturated rings. The first kappa shape index (κ1) is 17.6. The Morgan fingerprint density at radius 3 is 2.10 bits per heavy atom. The minimum absolute atomic E-state index is 0.209. The topological polar surface area (TPSA) is 71.1 Å². The monoisotopic (exact) mass is 302 g/mol. The van der Waals surface area contributed by atoms with Crippen molar-refractivity contribution in [2.45, 2.75) is 71.7 Å². The Kier molecular flexibility index (Phi) is 7.32. The summed E-state index contributed by atoms with van der Waals surface area (Å²) in [7, 11) is 0. The lowest BCUT2D eigenvalue weighted by Crippen LogP contribution is -2.32. The summed E-state index contributed by atoms with van der Waals surface area (Å²) in [6.45, 7) is 7.78. The molecule has 0 aromatic heterocycles. The molecule has 0 radical (unpaired) electrons. The molecule has 1 saturated carbocycles. The van der Waals surface area contributed by atoms with Crippen molar-refractivity contribution < 1.29 is 28.5 Å². The molecule has 0 aliphatic heterocycles. The van der Waals surface area contributed by atoms with E-state index >= 15 is 0 Å². The van der Waals surface area contributed by atoms with Crippen LogP contribution in [0.1, 0.15) is 53.4 Å². The van der Waals surface area contributed by atoms with Crippen molar-refractivity contribution in [3.05, 3.63) is 0 Å². The van der Waals surface area contributed by atoms with Crippen LogP contribution in [-0.4, -0.2) is 37.2 Å². The molecule has 21 heavy (non-hydrogen) atoms. The van der Waals surface area contributed by atoms with Crippen molar-refractivity contribution in [1.29, 1.82) is 0 Å². The van der Waals surface area contributed by atoms with Crippen LogP contribution in [0.3, 0.4) is 0 Å². The lowest BCUT2D eigenvalue weighted by Gasteiger charge is -2.28. The zero-order valence-corrected chi connectivity index (χ0v) is 13.3. The summed E-state index contributed by atoms with van der Waals surface area (Å²) in [5, 5.41) is 0. The van der Waals surface area contributed by atoms with Gasteiger partial charge in [-0.1, -0.05) is 13.8 Å². The average molecular weight is 302 g/mol. The van der Waals surface area contributed by atoms with E-state index in [0.29, 0.717) is 13.0 Å². The third-order valence-corrected chi connectivity index (χ3v) is 2.97. The first-order valence-electron chi connectivity index (χ1n) is 7.57. The quantitative estimate of drug-likeness (QED) is 0.722. The number of carbonyl (C=O) groups is 2. The van der Waals surface area contributed by atoms with Crippen LogP contribution >= 0.6 is 0 Å². The molecule has 2 unspecified atom stereocenters. The maximum atomic E-state index is 11.5. The van der Waals surface area contributed by atoms with Crippen LogP contribution < -0.4 is 0 Å². The van der Waals surface area contributed by atoms with Crippen molar-refractivity contribution in [1.82, 2.24) is 0 Å². The van der Waals surface area contributed by atoms with Gasteiger partial charge in [-0.15, -0.1) is 0 Å². The Hall–Kier alpha value is -1.46. The highest BCUT2D eigenvalue weighted by Crippen LogP contribution is 2.24. The first-order valence-corrected chi connectivity index (χ1v) is 7.57. The fourth-order valence-corrected chi connectivity index (χ4v) is 2.08. The summed E-state index contributed by atoms with van der Waals surface area (Å²) in [4.78, 5) is 23.0. The minimum atomic E-state index is -0.668. The molecule has 122 valence electrons. The van der Waals surface area contributed by atoms with E-state index in [0.717, 1.165) is 19.3 Å². The van der Waals surface area contributed by atoms with Gasteiger partial charge >= 0.3 is 12.3 Å². The number of rotatable bonds is 5. The van der Waals surface area contributed by atoms with E-state index in [2.05, 4.69) is 0 Å². The molecule has 0 aromatic rings. The van der Waals surface area contributed by atoms with Crippen LogP contribution in [0.15, 0.2) is 0 Å². The van der Waals surface area contributed by atoms with Gasteiger partial charge in [-0.05, 0) is 39.0 Å². The molecule has 0 bridgehead atoms. The van der Waals surface area contributed by atoms with Gasteiger partial charge in [-0.3, -0.25) is 0 Å². The summed E-state index contributed by atoms with van der Waals surface area (Å²) < 4.78 is 20.4. The summed E-state index contributed by atoms with van der Waals surface area (Å²) in [5.74, 6) is 0.269. The van der Waals surface area contributed by atoms with Gasteiger partial charge in [-0.2, -0.15) is 0 Å². The van der Waals surface area contributed by atoms with Crippen LogP contribution in [0, 0.1) is 5.92 Å². The normalized spacial score (nSPS) is 22.0. The molecule has 0 spiro atoms. The van der Waals surface area contributed by atoms with Gasteiger partial charge in [0.05, 0.1) is 12.7 Å². The summed E-state index contributed by atoms with van der Waals surface area (Å²) in [6.07, 6.45) is 0.773. The predicted molar refractivity (Wildman–Crippen MR) is 76.0 cm³/mol. The highest BCUT2D eigenvalue weighted by Gasteiger charge is 2.28. The molecule has 2 atom stereocenters. The van der Waals surface area contributed by atoms with E-state index in [1.807, 2.05) is 13.8 Å². The second kappa shape index (κ2) is 8.74. The highest BCUT2D eigenvalue weighted by atomic mass is 16.7. The smallest absolute Gasteiger partial charge is 0.434 e. The maximum absolute atomic E-state index is 11.5. The Balaban J connectivity index is 2.31. The zero-order chi connectivity index (χ0) is 15.8. The van der Waals surface area contributed by atoms with Gasteiger partial charge in [0.2, 0.25) is 0 Å². The van der Waals surface area contributed by atoms with Crippen molar-refractivity contribution >= 4 is 12.3 Å². The Morgan fingerprint density at radius 1 is 1.00 bits per heavy atom. The molecular weight excluding hydrogens is 276 g/mol. The molecule has 6 heteroatoms. The van der Waals surface area contributed by atoms with Crippen LogP contribution in [0.2, 0.25) is 0 Å². The first-order chi connectivity index (χ1) is 9.86. The van der Waals surface area contributed by atoms with E-state index in [1.54, 1.807) is 13.8 Å². The average Bonchev–Trinajstić information content (AvgIpc) is 2.35. The summed E-state index contributed by atoms with van der Waals surface area (Å²) in [6, 6.07) is 0. The Bertz CT molecular complexity index is 339.